The van der Waals surface area contributed by atoms with E-state index in [4.69, 9.17) is 28.3 Å². The first-order valence-corrected chi connectivity index (χ1v) is 3.12. The Morgan fingerprint density at radius 2 is 1.88 bits per heavy atom. The molecule has 0 aromatic heterocycles. The van der Waals surface area contributed by atoms with Gasteiger partial charge >= 0.3 is 0 Å². The molecule has 0 spiro atoms. The zero-order valence-corrected chi connectivity index (χ0v) is 6.24. The van der Waals surface area contributed by atoms with E-state index in [-0.39, 0.29) is 11.9 Å². The van der Waals surface area contributed by atoms with E-state index in [0.717, 1.165) is 0 Å². The predicted octanol–water partition coefficient (Wildman–Crippen LogP) is 1.05. The van der Waals surface area contributed by atoms with Crippen LogP contribution in [0.15, 0.2) is 0 Å². The van der Waals surface area contributed by atoms with Crippen molar-refractivity contribution in [3.63, 3.8) is 0 Å². The summed E-state index contributed by atoms with van der Waals surface area (Å²) in [6.07, 6.45) is 0. The van der Waals surface area contributed by atoms with Gasteiger partial charge in [-0.05, 0) is 0 Å². The van der Waals surface area contributed by atoms with Gasteiger partial charge in [-0.3, -0.25) is 0 Å². The molecule has 4 heteroatoms. The first-order valence-electron chi connectivity index (χ1n) is 2.05. The highest BCUT2D eigenvalue weighted by Gasteiger charge is 1.67. The van der Waals surface area contributed by atoms with Crippen LogP contribution >= 0.6 is 23.2 Å². The normalized spacial score (nSPS) is 7.50. The molecule has 0 unspecified atom stereocenters. The predicted molar refractivity (Wildman–Crippen MR) is 35.5 cm³/mol. The van der Waals surface area contributed by atoms with Crippen LogP contribution in [0.4, 0.5) is 0 Å². The molecule has 0 aliphatic carbocycles. The minimum absolute atomic E-state index is 0.122. The van der Waals surface area contributed by atoms with E-state index < -0.39 is 0 Å². The van der Waals surface area contributed by atoms with Crippen molar-refractivity contribution in [2.45, 2.75) is 0 Å². The summed E-state index contributed by atoms with van der Waals surface area (Å²) in [6, 6.07) is 0. The van der Waals surface area contributed by atoms with Gasteiger partial charge in [0.15, 0.2) is 0 Å². The van der Waals surface area contributed by atoms with Crippen LogP contribution in [-0.4, -0.2) is 30.8 Å². The Balaban J connectivity index is 0. The average Bonchev–Trinajstić information content (AvgIpc) is 1.71. The summed E-state index contributed by atoms with van der Waals surface area (Å²) >= 11 is 9.53. The summed E-state index contributed by atoms with van der Waals surface area (Å²) in [5.74, 6) is 0. The van der Waals surface area contributed by atoms with Gasteiger partial charge in [-0.1, -0.05) is 0 Å². The molecule has 0 aromatic rings. The van der Waals surface area contributed by atoms with Crippen LogP contribution in [0.25, 0.3) is 0 Å². The molecule has 0 atom stereocenters. The molecule has 0 bridgehead atoms. The third-order valence-corrected chi connectivity index (χ3v) is 0.295. The molecule has 8 heavy (non-hydrogen) atoms. The van der Waals surface area contributed by atoms with Gasteiger partial charge in [0.2, 0.25) is 0 Å². The number of aliphatic hydroxyl groups is 1. The summed E-state index contributed by atoms with van der Waals surface area (Å²) in [5, 5.41) is 8.14. The van der Waals surface area contributed by atoms with Crippen molar-refractivity contribution in [2.24, 2.45) is 0 Å². The van der Waals surface area contributed by atoms with E-state index >= 15 is 0 Å². The van der Waals surface area contributed by atoms with Crippen molar-refractivity contribution in [3.8, 4) is 0 Å². The minimum atomic E-state index is 0.122. The van der Waals surface area contributed by atoms with E-state index in [9.17, 15) is 0 Å². The topological polar surface area (TPSA) is 29.5 Å². The highest BCUT2D eigenvalue weighted by atomic mass is 35.5. The van der Waals surface area contributed by atoms with Crippen molar-refractivity contribution < 1.29 is 9.84 Å². The smallest absolute Gasteiger partial charge is 0.0967 e. The van der Waals surface area contributed by atoms with Crippen molar-refractivity contribution in [2.75, 3.05) is 25.7 Å². The van der Waals surface area contributed by atoms with Crippen LogP contribution in [-0.2, 0) is 4.74 Å². The highest BCUT2D eigenvalue weighted by molar-refractivity contribution is 6.40. The second-order valence-corrected chi connectivity index (χ2v) is 1.63. The first kappa shape index (κ1) is 11.3. The summed E-state index contributed by atoms with van der Waals surface area (Å²) in [7, 11) is 1.55. The average molecular weight is 161 g/mol. The number of hydrogen-bond donors (Lipinski definition) is 1. The second kappa shape index (κ2) is 15.6. The van der Waals surface area contributed by atoms with E-state index in [0.29, 0.717) is 6.61 Å². The molecule has 52 valence electrons. The highest BCUT2D eigenvalue weighted by Crippen LogP contribution is 1.73. The molecule has 0 aliphatic rings. The molecule has 0 aliphatic heterocycles. The van der Waals surface area contributed by atoms with Gasteiger partial charge in [0, 0.05) is 7.11 Å². The fourth-order valence-corrected chi connectivity index (χ4v) is 0.0913. The van der Waals surface area contributed by atoms with Gasteiger partial charge in [-0.25, -0.2) is 0 Å². The van der Waals surface area contributed by atoms with Crippen molar-refractivity contribution >= 4 is 23.2 Å². The molecule has 0 fully saturated rings. The molecule has 0 amide bonds. The fraction of sp³-hybridized carbons (Fsp3) is 1.00. The van der Waals surface area contributed by atoms with Gasteiger partial charge < -0.3 is 9.84 Å². The number of hydrogen-bond acceptors (Lipinski definition) is 2. The Kier molecular flexibility index (Phi) is 22.1. The number of ether oxygens (including phenoxy) is 1. The van der Waals surface area contributed by atoms with Crippen LogP contribution in [0.2, 0.25) is 0 Å². The van der Waals surface area contributed by atoms with Gasteiger partial charge in [0.05, 0.1) is 18.6 Å². The van der Waals surface area contributed by atoms with E-state index in [1.807, 2.05) is 0 Å². The standard InChI is InChI=1S/C3H8O2.CH2Cl2/c1-5-3-2-4;2-1-3/h4H,2-3H2,1H3;1H2. The SMILES string of the molecule is COCCO.ClCCl. The largest absolute Gasteiger partial charge is 0.394 e. The number of aliphatic hydroxyl groups excluding tert-OH is 1. The van der Waals surface area contributed by atoms with E-state index in [1.54, 1.807) is 7.11 Å². The maximum atomic E-state index is 7.94. The molecule has 0 heterocycles. The molecule has 0 saturated heterocycles. The third-order valence-electron chi connectivity index (χ3n) is 0.295. The second-order valence-electron chi connectivity index (χ2n) is 0.817. The Labute approximate surface area is 59.4 Å². The van der Waals surface area contributed by atoms with Crippen LogP contribution in [0.1, 0.15) is 0 Å². The molecule has 0 aromatic carbocycles. The summed E-state index contributed by atoms with van der Waals surface area (Å²) in [4.78, 5) is 0. The maximum absolute atomic E-state index is 7.94. The first-order chi connectivity index (χ1) is 3.83. The number of halogens is 2. The van der Waals surface area contributed by atoms with E-state index in [1.165, 1.54) is 0 Å². The lowest BCUT2D eigenvalue weighted by molar-refractivity contribution is 0.135. The Hall–Kier alpha value is 0.500. The van der Waals surface area contributed by atoms with Crippen LogP contribution in [0, 0.1) is 0 Å². The summed E-state index contributed by atoms with van der Waals surface area (Å²) in [6.45, 7) is 0.566. The quantitative estimate of drug-likeness (QED) is 0.613. The molecule has 0 radical (unpaired) electrons. The molecule has 1 N–H and O–H groups in total. The lowest BCUT2D eigenvalue weighted by Gasteiger charge is -1.84. The van der Waals surface area contributed by atoms with Crippen LogP contribution in [0.5, 0.6) is 0 Å². The monoisotopic (exact) mass is 160 g/mol. The Bertz CT molecular complexity index is 26.0. The Morgan fingerprint density at radius 1 is 1.50 bits per heavy atom. The molecular weight excluding hydrogens is 151 g/mol. The molecule has 0 saturated carbocycles. The Morgan fingerprint density at radius 3 is 1.88 bits per heavy atom. The molecule has 0 rings (SSSR count). The summed E-state index contributed by atoms with van der Waals surface area (Å²) in [5.41, 5.74) is 0. The van der Waals surface area contributed by atoms with Gasteiger partial charge in [-0.15, -0.1) is 23.2 Å². The minimum Gasteiger partial charge on any atom is -0.394 e. The molecular formula is C4H10Cl2O2. The van der Waals surface area contributed by atoms with Crippen LogP contribution in [0.3, 0.4) is 0 Å². The number of alkyl halides is 2. The zero-order chi connectivity index (χ0) is 6.83. The maximum Gasteiger partial charge on any atom is 0.0967 e. The van der Waals surface area contributed by atoms with Gasteiger partial charge in [0.25, 0.3) is 0 Å². The zero-order valence-electron chi connectivity index (χ0n) is 4.73. The van der Waals surface area contributed by atoms with Crippen molar-refractivity contribution in [1.29, 1.82) is 0 Å². The van der Waals surface area contributed by atoms with Gasteiger partial charge in [-0.2, -0.15) is 0 Å². The lowest BCUT2D eigenvalue weighted by atomic mass is 10.8. The van der Waals surface area contributed by atoms with E-state index in [2.05, 4.69) is 4.74 Å². The molecule has 2 nitrogen and oxygen atoms in total. The van der Waals surface area contributed by atoms with Gasteiger partial charge in [0.1, 0.15) is 0 Å². The summed E-state index contributed by atoms with van der Waals surface area (Å²) < 4.78 is 4.44. The number of rotatable bonds is 2. The lowest BCUT2D eigenvalue weighted by Crippen LogP contribution is -1.91. The van der Waals surface area contributed by atoms with Crippen molar-refractivity contribution in [3.05, 3.63) is 0 Å². The fourth-order valence-electron chi connectivity index (χ4n) is 0.0913. The number of methoxy groups -OCH3 is 1. The van der Waals surface area contributed by atoms with Crippen LogP contribution < -0.4 is 0 Å². The van der Waals surface area contributed by atoms with Crippen molar-refractivity contribution in [1.82, 2.24) is 0 Å². The third kappa shape index (κ3) is 31.5.